The minimum absolute atomic E-state index is 0.0303. The molecule has 2 heterocycles. The summed E-state index contributed by atoms with van der Waals surface area (Å²) < 4.78 is 6.12. The number of nitrogens with zero attached hydrogens (tertiary/aromatic N) is 2. The number of anilines is 1. The van der Waals surface area contributed by atoms with Gasteiger partial charge in [0, 0.05) is 16.7 Å². The second kappa shape index (κ2) is 4.49. The van der Waals surface area contributed by atoms with Gasteiger partial charge < -0.3 is 9.42 Å². The maximum atomic E-state index is 12.6. The Bertz CT molecular complexity index is 644. The lowest BCUT2D eigenvalue weighted by molar-refractivity contribution is 0.0987. The van der Waals surface area contributed by atoms with Crippen molar-refractivity contribution < 1.29 is 9.32 Å². The number of aryl methyl sites for hydroxylation is 2. The Morgan fingerprint density at radius 2 is 2.21 bits per heavy atom. The third-order valence-corrected chi connectivity index (χ3v) is 3.92. The largest absolute Gasteiger partial charge is 0.361 e. The van der Waals surface area contributed by atoms with Crippen LogP contribution >= 0.6 is 15.9 Å². The van der Waals surface area contributed by atoms with Crippen molar-refractivity contribution in [3.05, 3.63) is 45.3 Å². The van der Waals surface area contributed by atoms with E-state index in [1.165, 1.54) is 5.56 Å². The Labute approximate surface area is 119 Å². The number of hydrogen-bond acceptors (Lipinski definition) is 3. The van der Waals surface area contributed by atoms with Crippen molar-refractivity contribution in [1.29, 1.82) is 0 Å². The first-order valence-electron chi connectivity index (χ1n) is 6.11. The minimum Gasteiger partial charge on any atom is -0.361 e. The second-order valence-electron chi connectivity index (χ2n) is 4.68. The van der Waals surface area contributed by atoms with Gasteiger partial charge in [0.2, 0.25) is 0 Å². The van der Waals surface area contributed by atoms with Crippen molar-refractivity contribution in [3.8, 4) is 0 Å². The number of hydrogen-bond donors (Lipinski definition) is 0. The molecule has 0 atom stereocenters. The van der Waals surface area contributed by atoms with Crippen LogP contribution in [0.1, 0.15) is 27.4 Å². The molecular weight excluding hydrogens is 308 g/mol. The summed E-state index contributed by atoms with van der Waals surface area (Å²) in [6.45, 7) is 4.27. The monoisotopic (exact) mass is 320 g/mol. The number of fused-ring (bicyclic) bond motifs is 1. The first-order chi connectivity index (χ1) is 9.08. The zero-order valence-corrected chi connectivity index (χ0v) is 12.3. The van der Waals surface area contributed by atoms with Crippen molar-refractivity contribution in [3.63, 3.8) is 0 Å². The Hall–Kier alpha value is -1.62. The molecule has 0 unspecified atom stereocenters. The van der Waals surface area contributed by atoms with Crippen LogP contribution in [0.4, 0.5) is 5.69 Å². The summed E-state index contributed by atoms with van der Waals surface area (Å²) in [6.07, 6.45) is 0.879. The Balaban J connectivity index is 2.00. The molecule has 0 saturated heterocycles. The predicted molar refractivity (Wildman–Crippen MR) is 75.5 cm³/mol. The van der Waals surface area contributed by atoms with E-state index in [-0.39, 0.29) is 5.91 Å². The van der Waals surface area contributed by atoms with Gasteiger partial charge in [0.15, 0.2) is 0 Å². The van der Waals surface area contributed by atoms with E-state index in [9.17, 15) is 4.79 Å². The lowest BCUT2D eigenvalue weighted by Gasteiger charge is -2.17. The van der Waals surface area contributed by atoms with Crippen LogP contribution in [0.3, 0.4) is 0 Å². The lowest BCUT2D eigenvalue weighted by atomic mass is 10.1. The van der Waals surface area contributed by atoms with Crippen LogP contribution in [0, 0.1) is 13.8 Å². The number of amides is 1. The van der Waals surface area contributed by atoms with E-state index >= 15 is 0 Å². The molecule has 0 aliphatic carbocycles. The topological polar surface area (TPSA) is 46.3 Å². The van der Waals surface area contributed by atoms with Crippen molar-refractivity contribution in [1.82, 2.24) is 5.16 Å². The van der Waals surface area contributed by atoms with Gasteiger partial charge in [-0.1, -0.05) is 21.1 Å². The Morgan fingerprint density at radius 3 is 2.89 bits per heavy atom. The quantitative estimate of drug-likeness (QED) is 0.810. The number of benzene rings is 1. The summed E-state index contributed by atoms with van der Waals surface area (Å²) in [5.41, 5.74) is 3.39. The van der Waals surface area contributed by atoms with Gasteiger partial charge in [-0.2, -0.15) is 0 Å². The average Bonchev–Trinajstić information content (AvgIpc) is 2.92. The van der Waals surface area contributed by atoms with E-state index in [0.29, 0.717) is 23.6 Å². The molecule has 4 nitrogen and oxygen atoms in total. The van der Waals surface area contributed by atoms with Gasteiger partial charge in [-0.15, -0.1) is 0 Å². The Kier molecular flexibility index (Phi) is 2.93. The van der Waals surface area contributed by atoms with E-state index in [1.807, 2.05) is 12.1 Å². The summed E-state index contributed by atoms with van der Waals surface area (Å²) in [4.78, 5) is 14.4. The maximum Gasteiger partial charge on any atom is 0.263 e. The number of aromatic nitrogens is 1. The molecule has 0 bridgehead atoms. The lowest BCUT2D eigenvalue weighted by Crippen LogP contribution is -2.29. The van der Waals surface area contributed by atoms with Crippen molar-refractivity contribution in [2.24, 2.45) is 0 Å². The van der Waals surface area contributed by atoms with E-state index in [4.69, 9.17) is 4.52 Å². The molecule has 0 spiro atoms. The highest BCUT2D eigenvalue weighted by Crippen LogP contribution is 2.32. The number of rotatable bonds is 1. The van der Waals surface area contributed by atoms with Crippen molar-refractivity contribution in [2.75, 3.05) is 11.4 Å². The van der Waals surface area contributed by atoms with Gasteiger partial charge >= 0.3 is 0 Å². The molecule has 1 aromatic carbocycles. The molecule has 0 N–H and O–H groups in total. The van der Waals surface area contributed by atoms with Crippen LogP contribution in [0.5, 0.6) is 0 Å². The number of carbonyl (C=O) groups is 1. The molecule has 2 aromatic rings. The maximum absolute atomic E-state index is 12.6. The van der Waals surface area contributed by atoms with Gasteiger partial charge in [0.05, 0.1) is 5.69 Å². The molecule has 98 valence electrons. The van der Waals surface area contributed by atoms with Crippen LogP contribution < -0.4 is 4.90 Å². The van der Waals surface area contributed by atoms with E-state index < -0.39 is 0 Å². The molecule has 5 heteroatoms. The van der Waals surface area contributed by atoms with Crippen LogP contribution in [-0.4, -0.2) is 17.6 Å². The van der Waals surface area contributed by atoms with Crippen LogP contribution in [-0.2, 0) is 6.42 Å². The highest BCUT2D eigenvalue weighted by atomic mass is 79.9. The predicted octanol–water partition coefficient (Wildman–Crippen LogP) is 3.26. The SMILES string of the molecule is Cc1noc(C)c1C(=O)N1CCc2cc(Br)ccc21. The van der Waals surface area contributed by atoms with Crippen molar-refractivity contribution in [2.45, 2.75) is 20.3 Å². The molecule has 0 radical (unpaired) electrons. The first-order valence-corrected chi connectivity index (χ1v) is 6.90. The van der Waals surface area contributed by atoms with Crippen LogP contribution in [0.25, 0.3) is 0 Å². The second-order valence-corrected chi connectivity index (χ2v) is 5.59. The highest BCUT2D eigenvalue weighted by Gasteiger charge is 2.29. The number of halogens is 1. The normalized spacial score (nSPS) is 13.7. The number of carbonyl (C=O) groups excluding carboxylic acids is 1. The van der Waals surface area contributed by atoms with Gasteiger partial charge in [-0.05, 0) is 44.0 Å². The molecule has 1 amide bonds. The van der Waals surface area contributed by atoms with E-state index in [0.717, 1.165) is 16.6 Å². The van der Waals surface area contributed by atoms with Gasteiger partial charge in [-0.3, -0.25) is 4.79 Å². The third kappa shape index (κ3) is 1.98. The molecule has 3 rings (SSSR count). The molecule has 1 aromatic heterocycles. The first kappa shape index (κ1) is 12.4. The molecular formula is C14H13BrN2O2. The zero-order valence-electron chi connectivity index (χ0n) is 10.7. The fourth-order valence-corrected chi connectivity index (χ4v) is 2.91. The van der Waals surface area contributed by atoms with Gasteiger partial charge in [0.25, 0.3) is 5.91 Å². The minimum atomic E-state index is -0.0303. The summed E-state index contributed by atoms with van der Waals surface area (Å²) in [5.74, 6) is 0.547. The smallest absolute Gasteiger partial charge is 0.263 e. The third-order valence-electron chi connectivity index (χ3n) is 3.43. The average molecular weight is 321 g/mol. The summed E-state index contributed by atoms with van der Waals surface area (Å²) >= 11 is 3.46. The standard InChI is InChI=1S/C14H13BrN2O2/c1-8-13(9(2)19-16-8)14(18)17-6-5-10-7-11(15)3-4-12(10)17/h3-4,7H,5-6H2,1-2H3. The summed E-state index contributed by atoms with van der Waals surface area (Å²) in [6, 6.07) is 6.00. The molecule has 1 aliphatic rings. The van der Waals surface area contributed by atoms with E-state index in [2.05, 4.69) is 27.2 Å². The van der Waals surface area contributed by atoms with Gasteiger partial charge in [0.1, 0.15) is 11.3 Å². The zero-order chi connectivity index (χ0) is 13.6. The fraction of sp³-hybridized carbons (Fsp3) is 0.286. The van der Waals surface area contributed by atoms with Crippen LogP contribution in [0.2, 0.25) is 0 Å². The van der Waals surface area contributed by atoms with Gasteiger partial charge in [-0.25, -0.2) is 0 Å². The van der Waals surface area contributed by atoms with Crippen LogP contribution in [0.15, 0.2) is 27.2 Å². The molecule has 19 heavy (non-hydrogen) atoms. The summed E-state index contributed by atoms with van der Waals surface area (Å²) in [5, 5.41) is 3.85. The van der Waals surface area contributed by atoms with Crippen molar-refractivity contribution >= 4 is 27.5 Å². The highest BCUT2D eigenvalue weighted by molar-refractivity contribution is 9.10. The summed E-state index contributed by atoms with van der Waals surface area (Å²) in [7, 11) is 0. The molecule has 1 aliphatic heterocycles. The fourth-order valence-electron chi connectivity index (χ4n) is 2.50. The molecule has 0 fully saturated rings. The van der Waals surface area contributed by atoms with E-state index in [1.54, 1.807) is 18.7 Å². The molecule has 0 saturated carbocycles. The Morgan fingerprint density at radius 1 is 1.42 bits per heavy atom.